The Morgan fingerprint density at radius 3 is 2.35 bits per heavy atom. The summed E-state index contributed by atoms with van der Waals surface area (Å²) in [5, 5.41) is 6.41. The first-order valence-electron chi connectivity index (χ1n) is 7.63. The van der Waals surface area contributed by atoms with Crippen LogP contribution in [-0.4, -0.2) is 24.0 Å². The molecule has 0 radical (unpaired) electrons. The van der Waals surface area contributed by atoms with Gasteiger partial charge in [-0.15, -0.1) is 0 Å². The van der Waals surface area contributed by atoms with Gasteiger partial charge in [0.1, 0.15) is 0 Å². The highest BCUT2D eigenvalue weighted by molar-refractivity contribution is 5.81. The molecule has 2 N–H and O–H groups in total. The Hall–Kier alpha value is -1.35. The molecule has 1 amide bonds. The SMILES string of the molecule is CCCC(C)NC(=O)C(C)NC(C)Cc1ccccc1. The molecule has 0 aliphatic heterocycles. The number of amides is 1. The van der Waals surface area contributed by atoms with Gasteiger partial charge in [-0.1, -0.05) is 43.7 Å². The zero-order valence-electron chi connectivity index (χ0n) is 13.1. The van der Waals surface area contributed by atoms with E-state index in [1.165, 1.54) is 5.56 Å². The van der Waals surface area contributed by atoms with Gasteiger partial charge in [0, 0.05) is 12.1 Å². The second-order valence-electron chi connectivity index (χ2n) is 5.68. The first-order chi connectivity index (χ1) is 9.52. The second kappa shape index (κ2) is 8.75. The summed E-state index contributed by atoms with van der Waals surface area (Å²) >= 11 is 0. The Morgan fingerprint density at radius 1 is 1.10 bits per heavy atom. The third kappa shape index (κ3) is 6.20. The van der Waals surface area contributed by atoms with E-state index in [2.05, 4.69) is 43.5 Å². The molecule has 1 aromatic carbocycles. The minimum atomic E-state index is -0.159. The second-order valence-corrected chi connectivity index (χ2v) is 5.68. The van der Waals surface area contributed by atoms with Crippen molar-refractivity contribution in [2.75, 3.05) is 0 Å². The fraction of sp³-hybridized carbons (Fsp3) is 0.588. The molecule has 0 saturated heterocycles. The van der Waals surface area contributed by atoms with Crippen molar-refractivity contribution in [3.63, 3.8) is 0 Å². The van der Waals surface area contributed by atoms with Gasteiger partial charge in [-0.2, -0.15) is 0 Å². The molecule has 3 unspecified atom stereocenters. The molecule has 3 heteroatoms. The highest BCUT2D eigenvalue weighted by atomic mass is 16.2. The Balaban J connectivity index is 2.37. The lowest BCUT2D eigenvalue weighted by Gasteiger charge is -2.22. The molecule has 1 rings (SSSR count). The lowest BCUT2D eigenvalue weighted by Crippen LogP contribution is -2.48. The predicted molar refractivity (Wildman–Crippen MR) is 84.7 cm³/mol. The fourth-order valence-corrected chi connectivity index (χ4v) is 2.40. The molecular weight excluding hydrogens is 248 g/mol. The molecule has 112 valence electrons. The number of rotatable bonds is 8. The maximum Gasteiger partial charge on any atom is 0.237 e. The molecule has 0 heterocycles. The van der Waals surface area contributed by atoms with Crippen LogP contribution in [0.3, 0.4) is 0 Å². The summed E-state index contributed by atoms with van der Waals surface area (Å²) in [6.07, 6.45) is 3.05. The molecule has 0 aromatic heterocycles. The zero-order chi connectivity index (χ0) is 15.0. The molecule has 3 nitrogen and oxygen atoms in total. The van der Waals surface area contributed by atoms with Crippen molar-refractivity contribution in [3.05, 3.63) is 35.9 Å². The molecule has 1 aromatic rings. The van der Waals surface area contributed by atoms with Crippen LogP contribution in [0.5, 0.6) is 0 Å². The van der Waals surface area contributed by atoms with Crippen LogP contribution in [-0.2, 0) is 11.2 Å². The van der Waals surface area contributed by atoms with Crippen LogP contribution in [0.4, 0.5) is 0 Å². The highest BCUT2D eigenvalue weighted by Gasteiger charge is 2.16. The van der Waals surface area contributed by atoms with Crippen molar-refractivity contribution in [2.45, 2.75) is 65.1 Å². The van der Waals surface area contributed by atoms with Crippen LogP contribution in [0.2, 0.25) is 0 Å². The molecule has 3 atom stereocenters. The first-order valence-corrected chi connectivity index (χ1v) is 7.63. The van der Waals surface area contributed by atoms with E-state index >= 15 is 0 Å². The third-order valence-electron chi connectivity index (χ3n) is 3.42. The lowest BCUT2D eigenvalue weighted by molar-refractivity contribution is -0.123. The van der Waals surface area contributed by atoms with E-state index in [-0.39, 0.29) is 24.0 Å². The van der Waals surface area contributed by atoms with E-state index in [0.717, 1.165) is 19.3 Å². The van der Waals surface area contributed by atoms with Crippen LogP contribution >= 0.6 is 0 Å². The highest BCUT2D eigenvalue weighted by Crippen LogP contribution is 2.04. The smallest absolute Gasteiger partial charge is 0.237 e. The van der Waals surface area contributed by atoms with E-state index in [1.54, 1.807) is 0 Å². The maximum absolute atomic E-state index is 12.0. The number of benzene rings is 1. The summed E-state index contributed by atoms with van der Waals surface area (Å²) < 4.78 is 0. The molecule has 0 spiro atoms. The van der Waals surface area contributed by atoms with E-state index in [1.807, 2.05) is 25.1 Å². The van der Waals surface area contributed by atoms with E-state index in [4.69, 9.17) is 0 Å². The Labute approximate surface area is 123 Å². The molecule has 0 saturated carbocycles. The average Bonchev–Trinajstić information content (AvgIpc) is 2.39. The van der Waals surface area contributed by atoms with Crippen LogP contribution in [0, 0.1) is 0 Å². The monoisotopic (exact) mass is 276 g/mol. The molecule has 0 fully saturated rings. The Kier molecular flexibility index (Phi) is 7.31. The largest absolute Gasteiger partial charge is 0.352 e. The quantitative estimate of drug-likeness (QED) is 0.766. The van der Waals surface area contributed by atoms with Gasteiger partial charge >= 0.3 is 0 Å². The summed E-state index contributed by atoms with van der Waals surface area (Å²) in [7, 11) is 0. The molecule has 0 bridgehead atoms. The average molecular weight is 276 g/mol. The van der Waals surface area contributed by atoms with Crippen LogP contribution in [0.15, 0.2) is 30.3 Å². The normalized spacial score (nSPS) is 15.4. The van der Waals surface area contributed by atoms with Gasteiger partial charge in [-0.3, -0.25) is 4.79 Å². The van der Waals surface area contributed by atoms with Crippen molar-refractivity contribution < 1.29 is 4.79 Å². The van der Waals surface area contributed by atoms with Crippen molar-refractivity contribution in [3.8, 4) is 0 Å². The van der Waals surface area contributed by atoms with Crippen molar-refractivity contribution in [2.24, 2.45) is 0 Å². The summed E-state index contributed by atoms with van der Waals surface area (Å²) in [4.78, 5) is 12.0. The van der Waals surface area contributed by atoms with Gasteiger partial charge in [0.25, 0.3) is 0 Å². The van der Waals surface area contributed by atoms with E-state index < -0.39 is 0 Å². The van der Waals surface area contributed by atoms with Crippen LogP contribution in [0.1, 0.15) is 46.1 Å². The predicted octanol–water partition coefficient (Wildman–Crippen LogP) is 2.90. The molecule has 0 aliphatic rings. The fourth-order valence-electron chi connectivity index (χ4n) is 2.40. The molecular formula is C17H28N2O. The number of carbonyl (C=O) groups excluding carboxylic acids is 1. The zero-order valence-corrected chi connectivity index (χ0v) is 13.1. The third-order valence-corrected chi connectivity index (χ3v) is 3.42. The number of nitrogens with one attached hydrogen (secondary N) is 2. The van der Waals surface area contributed by atoms with E-state index in [0.29, 0.717) is 0 Å². The van der Waals surface area contributed by atoms with Crippen molar-refractivity contribution in [1.29, 1.82) is 0 Å². The van der Waals surface area contributed by atoms with Gasteiger partial charge in [0.05, 0.1) is 6.04 Å². The van der Waals surface area contributed by atoms with Crippen LogP contribution < -0.4 is 10.6 Å². The van der Waals surface area contributed by atoms with Crippen molar-refractivity contribution in [1.82, 2.24) is 10.6 Å². The van der Waals surface area contributed by atoms with Gasteiger partial charge in [-0.25, -0.2) is 0 Å². The lowest BCUT2D eigenvalue weighted by atomic mass is 10.1. The van der Waals surface area contributed by atoms with Gasteiger partial charge in [0.2, 0.25) is 5.91 Å². The first kappa shape index (κ1) is 16.7. The van der Waals surface area contributed by atoms with Gasteiger partial charge < -0.3 is 10.6 Å². The Bertz CT molecular complexity index is 391. The van der Waals surface area contributed by atoms with E-state index in [9.17, 15) is 4.79 Å². The van der Waals surface area contributed by atoms with Gasteiger partial charge in [-0.05, 0) is 39.2 Å². The number of hydrogen-bond donors (Lipinski definition) is 2. The van der Waals surface area contributed by atoms with Crippen LogP contribution in [0.25, 0.3) is 0 Å². The summed E-state index contributed by atoms with van der Waals surface area (Å²) in [5.41, 5.74) is 1.29. The minimum Gasteiger partial charge on any atom is -0.352 e. The molecule has 0 aliphatic carbocycles. The minimum absolute atomic E-state index is 0.0888. The number of hydrogen-bond acceptors (Lipinski definition) is 2. The summed E-state index contributed by atoms with van der Waals surface area (Å²) in [6, 6.07) is 10.7. The standard InChI is InChI=1S/C17H28N2O/c1-5-9-13(2)19-17(20)15(4)18-14(3)12-16-10-7-6-8-11-16/h6-8,10-11,13-15,18H,5,9,12H2,1-4H3,(H,19,20). The Morgan fingerprint density at radius 2 is 1.75 bits per heavy atom. The number of carbonyl (C=O) groups is 1. The maximum atomic E-state index is 12.0. The van der Waals surface area contributed by atoms with Crippen molar-refractivity contribution >= 4 is 5.91 Å². The summed E-state index contributed by atoms with van der Waals surface area (Å²) in [6.45, 7) is 8.23. The topological polar surface area (TPSA) is 41.1 Å². The summed E-state index contributed by atoms with van der Waals surface area (Å²) in [5.74, 6) is 0.0888. The molecule has 20 heavy (non-hydrogen) atoms. The van der Waals surface area contributed by atoms with Gasteiger partial charge in [0.15, 0.2) is 0 Å².